The second kappa shape index (κ2) is 6.84. The summed E-state index contributed by atoms with van der Waals surface area (Å²) in [6, 6.07) is 7.82. The average molecular weight is 209 g/mol. The number of alkyl halides is 1. The monoisotopic (exact) mass is 208 g/mol. The molecule has 0 unspecified atom stereocenters. The second-order valence-corrected chi connectivity index (χ2v) is 2.98. The summed E-state index contributed by atoms with van der Waals surface area (Å²) in [5, 5.41) is 0.807. The third kappa shape index (κ3) is 4.57. The van der Waals surface area contributed by atoms with Gasteiger partial charge >= 0.3 is 0 Å². The highest BCUT2D eigenvalue weighted by Crippen LogP contribution is 2.18. The number of hydrogen-bond donors (Lipinski definition) is 0. The van der Waals surface area contributed by atoms with Gasteiger partial charge in [0.2, 0.25) is 0 Å². The van der Waals surface area contributed by atoms with Gasteiger partial charge in [-0.3, -0.25) is 0 Å². The molecule has 0 aromatic heterocycles. The summed E-state index contributed by atoms with van der Waals surface area (Å²) in [5.41, 5.74) is 0. The van der Waals surface area contributed by atoms with Crippen LogP contribution >= 0.6 is 35.0 Å². The van der Waals surface area contributed by atoms with Crippen molar-refractivity contribution in [3.8, 4) is 0 Å². The van der Waals surface area contributed by atoms with E-state index in [-0.39, 0.29) is 0 Å². The lowest BCUT2D eigenvalue weighted by Crippen LogP contribution is -1.66. The van der Waals surface area contributed by atoms with Crippen LogP contribution in [0.5, 0.6) is 0 Å². The van der Waals surface area contributed by atoms with Gasteiger partial charge in [0.1, 0.15) is 0 Å². The quantitative estimate of drug-likeness (QED) is 0.499. The summed E-state index contributed by atoms with van der Waals surface area (Å²) in [6.45, 7) is 0. The van der Waals surface area contributed by atoms with Crippen molar-refractivity contribution in [2.24, 2.45) is 0 Å². The third-order valence-corrected chi connectivity index (χ3v) is 1.99. The number of benzene rings is 1. The normalized spacial score (nSPS) is 8.36. The van der Waals surface area contributed by atoms with Crippen LogP contribution in [-0.2, 0) is 0 Å². The van der Waals surface area contributed by atoms with E-state index in [9.17, 15) is 0 Å². The fourth-order valence-corrected chi connectivity index (χ4v) is 1.31. The summed E-state index contributed by atoms with van der Waals surface area (Å²) < 4.78 is 0. The van der Waals surface area contributed by atoms with E-state index in [2.05, 4.69) is 11.6 Å². The van der Waals surface area contributed by atoms with Crippen LogP contribution in [0.3, 0.4) is 0 Å². The highest BCUT2D eigenvalue weighted by Gasteiger charge is 1.88. The topological polar surface area (TPSA) is 0 Å². The first-order valence-corrected chi connectivity index (χ1v) is 5.36. The molecule has 0 aliphatic heterocycles. The molecule has 1 rings (SSSR count). The Labute approximate surface area is 81.9 Å². The van der Waals surface area contributed by atoms with Gasteiger partial charge in [0.15, 0.2) is 0 Å². The molecule has 62 valence electrons. The molecule has 0 N–H and O–H groups in total. The van der Waals surface area contributed by atoms with Gasteiger partial charge in [-0.2, -0.15) is 0 Å². The van der Waals surface area contributed by atoms with Gasteiger partial charge in [0.25, 0.3) is 0 Å². The zero-order chi connectivity index (χ0) is 8.69. The molecule has 1 aromatic rings. The highest BCUT2D eigenvalue weighted by atomic mass is 35.5. The zero-order valence-electron chi connectivity index (χ0n) is 6.47. The van der Waals surface area contributed by atoms with Gasteiger partial charge in [-0.15, -0.1) is 23.4 Å². The minimum absolute atomic E-state index is 0.807. The van der Waals surface area contributed by atoms with E-state index < -0.39 is 0 Å². The Morgan fingerprint density at radius 2 is 1.91 bits per heavy atom. The van der Waals surface area contributed by atoms with Crippen LogP contribution in [0.4, 0.5) is 0 Å². The van der Waals surface area contributed by atoms with E-state index in [1.54, 1.807) is 11.8 Å². The first kappa shape index (κ1) is 11.2. The van der Waals surface area contributed by atoms with Crippen molar-refractivity contribution in [1.82, 2.24) is 0 Å². The fourth-order valence-electron chi connectivity index (χ4n) is 0.594. The predicted octanol–water partition coefficient (Wildman–Crippen LogP) is 3.92. The first-order valence-electron chi connectivity index (χ1n) is 3.00. The first-order chi connectivity index (χ1) is 5.33. The van der Waals surface area contributed by atoms with Crippen LogP contribution in [0.15, 0.2) is 29.2 Å². The lowest BCUT2D eigenvalue weighted by Gasteiger charge is -1.93. The second-order valence-electron chi connectivity index (χ2n) is 1.66. The molecular formula is C8H10Cl2S. The Hall–Kier alpha value is 0.150. The molecule has 0 aliphatic carbocycles. The Morgan fingerprint density at radius 3 is 2.27 bits per heavy atom. The maximum Gasteiger partial charge on any atom is 0.0417 e. The smallest absolute Gasteiger partial charge is 0.0417 e. The SMILES string of the molecule is CCl.CSc1cccc(Cl)c1. The highest BCUT2D eigenvalue weighted by molar-refractivity contribution is 7.98. The van der Waals surface area contributed by atoms with Crippen molar-refractivity contribution in [1.29, 1.82) is 0 Å². The molecule has 0 heterocycles. The number of rotatable bonds is 1. The van der Waals surface area contributed by atoms with Crippen LogP contribution in [0.2, 0.25) is 5.02 Å². The lowest BCUT2D eigenvalue weighted by atomic mass is 10.4. The standard InChI is InChI=1S/C7H7ClS.CH3Cl/c1-9-7-4-2-3-6(8)5-7;1-2/h2-5H,1H3;1H3. The van der Waals surface area contributed by atoms with E-state index in [1.807, 2.05) is 30.5 Å². The van der Waals surface area contributed by atoms with E-state index in [0.29, 0.717) is 0 Å². The van der Waals surface area contributed by atoms with Gasteiger partial charge in [0.05, 0.1) is 0 Å². The number of thioether (sulfide) groups is 1. The van der Waals surface area contributed by atoms with Crippen LogP contribution in [0.25, 0.3) is 0 Å². The van der Waals surface area contributed by atoms with Gasteiger partial charge in [-0.05, 0) is 24.5 Å². The molecule has 0 spiro atoms. The van der Waals surface area contributed by atoms with Crippen molar-refractivity contribution in [2.45, 2.75) is 4.90 Å². The largest absolute Gasteiger partial charge is 0.130 e. The zero-order valence-corrected chi connectivity index (χ0v) is 8.80. The minimum Gasteiger partial charge on any atom is -0.130 e. The van der Waals surface area contributed by atoms with Crippen molar-refractivity contribution in [3.05, 3.63) is 29.3 Å². The van der Waals surface area contributed by atoms with Crippen molar-refractivity contribution in [2.75, 3.05) is 12.6 Å². The minimum atomic E-state index is 0.807. The Morgan fingerprint density at radius 1 is 1.27 bits per heavy atom. The molecule has 0 bridgehead atoms. The van der Waals surface area contributed by atoms with E-state index in [0.717, 1.165) is 5.02 Å². The van der Waals surface area contributed by atoms with Crippen LogP contribution in [-0.4, -0.2) is 12.6 Å². The Balaban J connectivity index is 0.000000461. The predicted molar refractivity (Wildman–Crippen MR) is 55.0 cm³/mol. The summed E-state index contributed by atoms with van der Waals surface area (Å²) in [4.78, 5) is 1.21. The molecule has 0 aliphatic rings. The molecule has 0 amide bonds. The van der Waals surface area contributed by atoms with Gasteiger partial charge in [-0.1, -0.05) is 17.7 Å². The molecule has 0 atom stereocenters. The van der Waals surface area contributed by atoms with Crippen LogP contribution < -0.4 is 0 Å². The number of halogens is 2. The van der Waals surface area contributed by atoms with Crippen molar-refractivity contribution in [3.63, 3.8) is 0 Å². The van der Waals surface area contributed by atoms with Crippen LogP contribution in [0, 0.1) is 0 Å². The molecule has 3 heteroatoms. The third-order valence-electron chi connectivity index (χ3n) is 1.03. The molecular weight excluding hydrogens is 199 g/mol. The van der Waals surface area contributed by atoms with Gasteiger partial charge in [-0.25, -0.2) is 0 Å². The van der Waals surface area contributed by atoms with Crippen LogP contribution in [0.1, 0.15) is 0 Å². The molecule has 0 saturated heterocycles. The molecule has 0 fully saturated rings. The summed E-state index contributed by atoms with van der Waals surface area (Å²) in [6.07, 6.45) is 3.51. The van der Waals surface area contributed by atoms with Crippen molar-refractivity contribution < 1.29 is 0 Å². The fraction of sp³-hybridized carbons (Fsp3) is 0.250. The van der Waals surface area contributed by atoms with E-state index in [4.69, 9.17) is 11.6 Å². The number of hydrogen-bond acceptors (Lipinski definition) is 1. The summed E-state index contributed by atoms with van der Waals surface area (Å²) in [7, 11) is 0. The van der Waals surface area contributed by atoms with Gasteiger partial charge in [0, 0.05) is 16.3 Å². The Kier molecular flexibility index (Phi) is 6.93. The maximum atomic E-state index is 5.71. The molecule has 0 radical (unpaired) electrons. The maximum absolute atomic E-state index is 5.71. The molecule has 0 saturated carbocycles. The molecule has 1 aromatic carbocycles. The molecule has 0 nitrogen and oxygen atoms in total. The van der Waals surface area contributed by atoms with E-state index in [1.165, 1.54) is 11.3 Å². The molecule has 11 heavy (non-hydrogen) atoms. The van der Waals surface area contributed by atoms with Crippen molar-refractivity contribution >= 4 is 35.0 Å². The lowest BCUT2D eigenvalue weighted by molar-refractivity contribution is 1.47. The summed E-state index contributed by atoms with van der Waals surface area (Å²) in [5.74, 6) is 0. The summed E-state index contributed by atoms with van der Waals surface area (Å²) >= 11 is 12.0. The Bertz CT molecular complexity index is 201. The average Bonchev–Trinajstić information content (AvgIpc) is 2.08. The van der Waals surface area contributed by atoms with Gasteiger partial charge < -0.3 is 0 Å². The van der Waals surface area contributed by atoms with E-state index >= 15 is 0 Å².